The Balaban J connectivity index is 1.98. The lowest BCUT2D eigenvalue weighted by Gasteiger charge is -2.38. The van der Waals surface area contributed by atoms with E-state index in [0.717, 1.165) is 19.3 Å². The summed E-state index contributed by atoms with van der Waals surface area (Å²) in [6, 6.07) is 0. The predicted octanol–water partition coefficient (Wildman–Crippen LogP) is 8.11. The molecule has 2 rings (SSSR count). The van der Waals surface area contributed by atoms with Gasteiger partial charge in [-0.05, 0) is 56.9 Å². The van der Waals surface area contributed by atoms with Crippen molar-refractivity contribution in [1.29, 1.82) is 5.41 Å². The van der Waals surface area contributed by atoms with Crippen LogP contribution in [0.5, 0.6) is 0 Å². The topological polar surface area (TPSA) is 61.9 Å². The zero-order valence-corrected chi connectivity index (χ0v) is 21.0. The number of nitrogens with one attached hydrogen (secondary N) is 2. The van der Waals surface area contributed by atoms with Crippen molar-refractivity contribution in [2.45, 2.75) is 148 Å². The second kappa shape index (κ2) is 15.3. The molecule has 2 fully saturated rings. The molecule has 3 heteroatoms. The van der Waals surface area contributed by atoms with Crippen molar-refractivity contribution >= 4 is 5.84 Å². The van der Waals surface area contributed by atoms with Crippen LogP contribution in [0.3, 0.4) is 0 Å². The van der Waals surface area contributed by atoms with E-state index in [0.29, 0.717) is 11.3 Å². The monoisotopic (exact) mass is 433 g/mol. The van der Waals surface area contributed by atoms with E-state index in [-0.39, 0.29) is 5.41 Å². The third-order valence-electron chi connectivity index (χ3n) is 8.62. The molecule has 0 spiro atoms. The Morgan fingerprint density at radius 2 is 1.16 bits per heavy atom. The second-order valence-corrected chi connectivity index (χ2v) is 11.2. The maximum absolute atomic E-state index is 8.46. The van der Waals surface area contributed by atoms with Crippen LogP contribution in [0, 0.1) is 16.2 Å². The summed E-state index contributed by atoms with van der Waals surface area (Å²) in [5.41, 5.74) is 6.76. The van der Waals surface area contributed by atoms with Gasteiger partial charge < -0.3 is 11.1 Å². The van der Waals surface area contributed by atoms with Crippen molar-refractivity contribution in [2.75, 3.05) is 13.1 Å². The fourth-order valence-corrected chi connectivity index (χ4v) is 6.42. The normalized spacial score (nSPS) is 29.1. The van der Waals surface area contributed by atoms with E-state index < -0.39 is 0 Å². The smallest absolute Gasteiger partial charge is 0.0968 e. The summed E-state index contributed by atoms with van der Waals surface area (Å²) in [7, 11) is 0. The largest absolute Gasteiger partial charge is 0.387 e. The van der Waals surface area contributed by atoms with Crippen LogP contribution in [0.25, 0.3) is 0 Å². The van der Waals surface area contributed by atoms with Crippen molar-refractivity contribution in [3.63, 3.8) is 0 Å². The van der Waals surface area contributed by atoms with Crippen LogP contribution in [0.15, 0.2) is 0 Å². The van der Waals surface area contributed by atoms with Crippen molar-refractivity contribution in [1.82, 2.24) is 5.32 Å². The van der Waals surface area contributed by atoms with Gasteiger partial charge in [-0.3, -0.25) is 5.41 Å². The molecule has 2 unspecified atom stereocenters. The lowest BCUT2D eigenvalue weighted by Crippen LogP contribution is -2.38. The van der Waals surface area contributed by atoms with Gasteiger partial charge in [0.2, 0.25) is 0 Å². The first-order valence-electron chi connectivity index (χ1n) is 14.2. The van der Waals surface area contributed by atoms with E-state index in [9.17, 15) is 0 Å². The van der Waals surface area contributed by atoms with Gasteiger partial charge in [0.15, 0.2) is 0 Å². The highest BCUT2D eigenvalue weighted by Gasteiger charge is 2.35. The number of rotatable bonds is 10. The molecule has 0 radical (unpaired) electrons. The zero-order valence-electron chi connectivity index (χ0n) is 21.0. The van der Waals surface area contributed by atoms with Crippen molar-refractivity contribution in [3.8, 4) is 0 Å². The Kier molecular flexibility index (Phi) is 13.2. The molecule has 2 aliphatic carbocycles. The quantitative estimate of drug-likeness (QED) is 0.185. The van der Waals surface area contributed by atoms with Gasteiger partial charge in [-0.25, -0.2) is 0 Å². The summed E-state index contributed by atoms with van der Waals surface area (Å²) in [6.07, 6.45) is 29.3. The van der Waals surface area contributed by atoms with Crippen LogP contribution in [0.1, 0.15) is 148 Å². The minimum atomic E-state index is 0.00119. The fourth-order valence-electron chi connectivity index (χ4n) is 6.42. The lowest BCUT2D eigenvalue weighted by atomic mass is 9.69. The lowest BCUT2D eigenvalue weighted by molar-refractivity contribution is 0.177. The average molecular weight is 434 g/mol. The van der Waals surface area contributed by atoms with E-state index in [4.69, 9.17) is 11.1 Å². The Morgan fingerprint density at radius 1 is 0.677 bits per heavy atom. The first-order valence-corrected chi connectivity index (χ1v) is 14.2. The van der Waals surface area contributed by atoms with Gasteiger partial charge in [0.05, 0.1) is 5.84 Å². The van der Waals surface area contributed by atoms with Crippen molar-refractivity contribution in [3.05, 3.63) is 0 Å². The van der Waals surface area contributed by atoms with E-state index in [1.807, 2.05) is 0 Å². The van der Waals surface area contributed by atoms with Crippen LogP contribution in [-0.2, 0) is 0 Å². The van der Waals surface area contributed by atoms with Gasteiger partial charge in [-0.2, -0.15) is 0 Å². The van der Waals surface area contributed by atoms with Crippen LogP contribution < -0.4 is 11.1 Å². The first-order chi connectivity index (χ1) is 15.1. The summed E-state index contributed by atoms with van der Waals surface area (Å²) < 4.78 is 0. The van der Waals surface area contributed by atoms with Gasteiger partial charge in [-0.15, -0.1) is 0 Å². The van der Waals surface area contributed by atoms with Crippen molar-refractivity contribution in [2.24, 2.45) is 16.6 Å². The standard InChI is InChI=1S/C28H55N3/c1-2-3-4-5-11-16-24-31-25-27-18-12-7-6-8-14-21-28(26(29)30,23-17-20-27)22-15-10-9-13-19-27/h31H,2-25H2,1H3,(H3,29,30). The van der Waals surface area contributed by atoms with Gasteiger partial charge >= 0.3 is 0 Å². The van der Waals surface area contributed by atoms with Crippen molar-refractivity contribution < 1.29 is 0 Å². The number of fused-ring (bicyclic) bond motifs is 4. The highest BCUT2D eigenvalue weighted by Crippen LogP contribution is 2.43. The van der Waals surface area contributed by atoms with Gasteiger partial charge in [0, 0.05) is 12.0 Å². The molecule has 0 aliphatic heterocycles. The molecule has 0 aromatic rings. The Hall–Kier alpha value is -0.570. The zero-order chi connectivity index (χ0) is 22.3. The van der Waals surface area contributed by atoms with Crippen LogP contribution in [-0.4, -0.2) is 18.9 Å². The summed E-state index contributed by atoms with van der Waals surface area (Å²) in [5.74, 6) is 0.496. The highest BCUT2D eigenvalue weighted by molar-refractivity contribution is 5.83. The molecule has 2 saturated carbocycles. The third-order valence-corrected chi connectivity index (χ3v) is 8.62. The molecule has 0 aromatic heterocycles. The molecule has 2 atom stereocenters. The Bertz CT molecular complexity index is 477. The van der Waals surface area contributed by atoms with E-state index in [1.54, 1.807) is 0 Å². The number of hydrogen-bond acceptors (Lipinski definition) is 2. The molecule has 0 heterocycles. The summed E-state index contributed by atoms with van der Waals surface area (Å²) in [6.45, 7) is 4.71. The van der Waals surface area contributed by atoms with Gasteiger partial charge in [0.25, 0.3) is 0 Å². The maximum atomic E-state index is 8.46. The van der Waals surface area contributed by atoms with Crippen LogP contribution in [0.4, 0.5) is 0 Å². The van der Waals surface area contributed by atoms with E-state index in [1.165, 1.54) is 135 Å². The Labute approximate surface area is 194 Å². The molecule has 3 nitrogen and oxygen atoms in total. The number of unbranched alkanes of at least 4 members (excludes halogenated alkanes) is 5. The molecular formula is C28H55N3. The van der Waals surface area contributed by atoms with E-state index >= 15 is 0 Å². The molecule has 4 N–H and O–H groups in total. The molecule has 2 aliphatic rings. The number of hydrogen-bond donors (Lipinski definition) is 3. The van der Waals surface area contributed by atoms with Crippen LogP contribution >= 0.6 is 0 Å². The average Bonchev–Trinajstić information content (AvgIpc) is 2.79. The Morgan fingerprint density at radius 3 is 1.77 bits per heavy atom. The molecule has 0 saturated heterocycles. The second-order valence-electron chi connectivity index (χ2n) is 11.2. The first kappa shape index (κ1) is 26.7. The third kappa shape index (κ3) is 9.84. The maximum Gasteiger partial charge on any atom is 0.0968 e. The summed E-state index contributed by atoms with van der Waals surface area (Å²) in [4.78, 5) is 0. The molecule has 0 amide bonds. The summed E-state index contributed by atoms with van der Waals surface area (Å²) >= 11 is 0. The fraction of sp³-hybridized carbons (Fsp3) is 0.964. The molecule has 31 heavy (non-hydrogen) atoms. The minimum absolute atomic E-state index is 0.00119. The van der Waals surface area contributed by atoms with Gasteiger partial charge in [0.1, 0.15) is 0 Å². The van der Waals surface area contributed by atoms with Gasteiger partial charge in [-0.1, -0.05) is 103 Å². The van der Waals surface area contributed by atoms with Crippen LogP contribution in [0.2, 0.25) is 0 Å². The van der Waals surface area contributed by atoms with E-state index in [2.05, 4.69) is 12.2 Å². The minimum Gasteiger partial charge on any atom is -0.387 e. The molecule has 2 bridgehead atoms. The SMILES string of the molecule is CCCCCCCCNCC12CCCCCCCC(C(=N)N)(CCCCCC1)CCC2. The number of amidine groups is 1. The highest BCUT2D eigenvalue weighted by atomic mass is 14.9. The summed E-state index contributed by atoms with van der Waals surface area (Å²) in [5, 5.41) is 12.4. The molecule has 182 valence electrons. The molecule has 0 aromatic carbocycles. The number of nitrogens with two attached hydrogens (primary N) is 1. The predicted molar refractivity (Wildman–Crippen MR) is 137 cm³/mol. The molecular weight excluding hydrogens is 378 g/mol.